The van der Waals surface area contributed by atoms with Gasteiger partial charge in [0.2, 0.25) is 11.8 Å². The number of carbonyl (C=O) groups excluding carboxylic acids is 2. The molecule has 0 aromatic carbocycles. The second kappa shape index (κ2) is 7.62. The summed E-state index contributed by atoms with van der Waals surface area (Å²) >= 11 is 0. The van der Waals surface area contributed by atoms with Crippen LogP contribution in [0.3, 0.4) is 0 Å². The van der Waals surface area contributed by atoms with Gasteiger partial charge in [-0.3, -0.25) is 19.9 Å². The maximum absolute atomic E-state index is 12.5. The maximum Gasteiger partial charge on any atom is 0.237 e. The molecule has 2 amide bonds. The second-order valence-corrected chi connectivity index (χ2v) is 8.40. The Morgan fingerprint density at radius 1 is 0.960 bits per heavy atom. The molecular weight excluding hydrogens is 316 g/mol. The van der Waals surface area contributed by atoms with Gasteiger partial charge in [-0.2, -0.15) is 0 Å². The highest BCUT2D eigenvalue weighted by molar-refractivity contribution is 5.80. The van der Waals surface area contributed by atoms with E-state index in [9.17, 15) is 9.59 Å². The van der Waals surface area contributed by atoms with Crippen LogP contribution in [-0.2, 0) is 9.59 Å². The molecule has 4 rings (SSSR count). The molecule has 140 valence electrons. The lowest BCUT2D eigenvalue weighted by Gasteiger charge is -2.42. The first-order valence-corrected chi connectivity index (χ1v) is 10.3. The number of nitrogens with zero attached hydrogens (tertiary/aromatic N) is 2. The van der Waals surface area contributed by atoms with Crippen LogP contribution in [0.4, 0.5) is 0 Å². The van der Waals surface area contributed by atoms with Crippen molar-refractivity contribution < 1.29 is 9.59 Å². The van der Waals surface area contributed by atoms with Crippen LogP contribution in [0.25, 0.3) is 0 Å². The van der Waals surface area contributed by atoms with Crippen molar-refractivity contribution in [2.75, 3.05) is 32.7 Å². The Morgan fingerprint density at radius 2 is 1.80 bits per heavy atom. The SMILES string of the molecule is O=C1NNC(CN2CCCN(C(=O)C3CCC3)CC2)C2CCCCC12. The van der Waals surface area contributed by atoms with E-state index in [2.05, 4.69) is 20.7 Å². The van der Waals surface area contributed by atoms with Gasteiger partial charge in [0.05, 0.1) is 0 Å². The predicted molar refractivity (Wildman–Crippen MR) is 95.5 cm³/mol. The van der Waals surface area contributed by atoms with Gasteiger partial charge in [-0.25, -0.2) is 5.43 Å². The van der Waals surface area contributed by atoms with Crippen LogP contribution in [0.5, 0.6) is 0 Å². The number of amides is 2. The summed E-state index contributed by atoms with van der Waals surface area (Å²) in [5.74, 6) is 1.56. The van der Waals surface area contributed by atoms with Crippen LogP contribution in [0, 0.1) is 17.8 Å². The third kappa shape index (κ3) is 3.70. The van der Waals surface area contributed by atoms with Crippen LogP contribution >= 0.6 is 0 Å². The van der Waals surface area contributed by atoms with E-state index in [1.54, 1.807) is 0 Å². The average molecular weight is 348 g/mol. The molecule has 4 aliphatic rings. The summed E-state index contributed by atoms with van der Waals surface area (Å²) < 4.78 is 0. The molecule has 3 unspecified atom stereocenters. The number of carbonyl (C=O) groups is 2. The Labute approximate surface area is 150 Å². The molecule has 2 saturated carbocycles. The number of hydrogen-bond donors (Lipinski definition) is 2. The highest BCUT2D eigenvalue weighted by atomic mass is 16.2. The minimum absolute atomic E-state index is 0.189. The molecule has 2 N–H and O–H groups in total. The first-order valence-electron chi connectivity index (χ1n) is 10.3. The van der Waals surface area contributed by atoms with Gasteiger partial charge >= 0.3 is 0 Å². The lowest BCUT2D eigenvalue weighted by Crippen LogP contribution is -2.62. The molecule has 0 radical (unpaired) electrons. The van der Waals surface area contributed by atoms with Gasteiger partial charge in [-0.15, -0.1) is 0 Å². The largest absolute Gasteiger partial charge is 0.341 e. The molecule has 2 aliphatic carbocycles. The summed E-state index contributed by atoms with van der Waals surface area (Å²) in [6, 6.07) is 0.344. The van der Waals surface area contributed by atoms with Gasteiger partial charge in [-0.1, -0.05) is 19.3 Å². The Hall–Kier alpha value is -1.14. The van der Waals surface area contributed by atoms with Gasteiger partial charge in [-0.05, 0) is 44.6 Å². The highest BCUT2D eigenvalue weighted by Crippen LogP contribution is 2.34. The fourth-order valence-corrected chi connectivity index (χ4v) is 5.08. The van der Waals surface area contributed by atoms with E-state index in [-0.39, 0.29) is 11.8 Å². The maximum atomic E-state index is 12.5. The standard InChI is InChI=1S/C19H32N4O2/c24-18-16-8-2-1-7-15(16)17(20-21-18)13-22-9-4-10-23(12-11-22)19(25)14-5-3-6-14/h14-17,20H,1-13H2,(H,21,24). The van der Waals surface area contributed by atoms with E-state index in [0.717, 1.165) is 64.8 Å². The minimum Gasteiger partial charge on any atom is -0.341 e. The molecule has 2 aliphatic heterocycles. The zero-order valence-electron chi connectivity index (χ0n) is 15.2. The van der Waals surface area contributed by atoms with E-state index in [4.69, 9.17) is 0 Å². The van der Waals surface area contributed by atoms with Crippen molar-refractivity contribution in [3.63, 3.8) is 0 Å². The molecule has 0 spiro atoms. The van der Waals surface area contributed by atoms with Gasteiger partial charge in [0.15, 0.2) is 0 Å². The summed E-state index contributed by atoms with van der Waals surface area (Å²) in [6.45, 7) is 4.77. The topological polar surface area (TPSA) is 64.7 Å². The summed E-state index contributed by atoms with van der Waals surface area (Å²) in [4.78, 5) is 29.2. The van der Waals surface area contributed by atoms with Crippen LogP contribution in [0.1, 0.15) is 51.4 Å². The van der Waals surface area contributed by atoms with Gasteiger partial charge in [0.1, 0.15) is 0 Å². The van der Waals surface area contributed by atoms with E-state index in [1.165, 1.54) is 19.3 Å². The fourth-order valence-electron chi connectivity index (χ4n) is 5.08. The molecule has 0 aromatic heterocycles. The lowest BCUT2D eigenvalue weighted by atomic mass is 9.74. The van der Waals surface area contributed by atoms with E-state index >= 15 is 0 Å². The molecule has 2 saturated heterocycles. The first kappa shape index (κ1) is 17.3. The van der Waals surface area contributed by atoms with E-state index in [0.29, 0.717) is 23.8 Å². The van der Waals surface area contributed by atoms with Crippen molar-refractivity contribution in [1.82, 2.24) is 20.7 Å². The van der Waals surface area contributed by atoms with Crippen molar-refractivity contribution in [3.05, 3.63) is 0 Å². The van der Waals surface area contributed by atoms with Gasteiger partial charge in [0.25, 0.3) is 0 Å². The van der Waals surface area contributed by atoms with Gasteiger partial charge in [0, 0.05) is 44.1 Å². The Bertz CT molecular complexity index is 508. The predicted octanol–water partition coefficient (Wildman–Crippen LogP) is 1.13. The van der Waals surface area contributed by atoms with Crippen molar-refractivity contribution in [3.8, 4) is 0 Å². The van der Waals surface area contributed by atoms with E-state index < -0.39 is 0 Å². The molecule has 0 bridgehead atoms. The zero-order chi connectivity index (χ0) is 17.2. The molecule has 0 aromatic rings. The third-order valence-electron chi connectivity index (χ3n) is 6.86. The van der Waals surface area contributed by atoms with E-state index in [1.807, 2.05) is 0 Å². The summed E-state index contributed by atoms with van der Waals surface area (Å²) in [7, 11) is 0. The summed E-state index contributed by atoms with van der Waals surface area (Å²) in [5, 5.41) is 0. The van der Waals surface area contributed by atoms with Crippen LogP contribution in [0.15, 0.2) is 0 Å². The number of hydrogen-bond acceptors (Lipinski definition) is 4. The smallest absolute Gasteiger partial charge is 0.237 e. The number of rotatable bonds is 3. The molecule has 6 nitrogen and oxygen atoms in total. The average Bonchev–Trinajstić information content (AvgIpc) is 2.82. The Morgan fingerprint density at radius 3 is 2.60 bits per heavy atom. The third-order valence-corrected chi connectivity index (χ3v) is 6.86. The molecule has 25 heavy (non-hydrogen) atoms. The van der Waals surface area contributed by atoms with Crippen LogP contribution in [0.2, 0.25) is 0 Å². The summed E-state index contributed by atoms with van der Waals surface area (Å²) in [6.07, 6.45) is 9.10. The number of fused-ring (bicyclic) bond motifs is 1. The highest BCUT2D eigenvalue weighted by Gasteiger charge is 2.40. The first-order chi connectivity index (χ1) is 12.2. The molecule has 6 heteroatoms. The van der Waals surface area contributed by atoms with Crippen LogP contribution in [-0.4, -0.2) is 60.4 Å². The van der Waals surface area contributed by atoms with Crippen molar-refractivity contribution in [2.24, 2.45) is 17.8 Å². The Kier molecular flexibility index (Phi) is 5.27. The second-order valence-electron chi connectivity index (χ2n) is 8.40. The summed E-state index contributed by atoms with van der Waals surface area (Å²) in [5.41, 5.74) is 6.20. The van der Waals surface area contributed by atoms with Gasteiger partial charge < -0.3 is 4.90 Å². The Balaban J connectivity index is 1.31. The molecule has 4 fully saturated rings. The lowest BCUT2D eigenvalue weighted by molar-refractivity contribution is -0.138. The monoisotopic (exact) mass is 348 g/mol. The number of nitrogens with one attached hydrogen (secondary N) is 2. The minimum atomic E-state index is 0.189. The quantitative estimate of drug-likeness (QED) is 0.803. The fraction of sp³-hybridized carbons (Fsp3) is 0.895. The molecule has 2 heterocycles. The molecule has 3 atom stereocenters. The normalized spacial score (nSPS) is 34.6. The van der Waals surface area contributed by atoms with Crippen LogP contribution < -0.4 is 10.9 Å². The molecular formula is C19H32N4O2. The van der Waals surface area contributed by atoms with Crippen molar-refractivity contribution >= 4 is 11.8 Å². The number of hydrazine groups is 1. The van der Waals surface area contributed by atoms with Crippen molar-refractivity contribution in [1.29, 1.82) is 0 Å². The zero-order valence-corrected chi connectivity index (χ0v) is 15.2. The van der Waals surface area contributed by atoms with Crippen molar-refractivity contribution in [2.45, 2.75) is 57.4 Å².